The third-order valence-electron chi connectivity index (χ3n) is 5.12. The molecule has 31 heavy (non-hydrogen) atoms. The fraction of sp³-hybridized carbons (Fsp3) is 0.0833. The van der Waals surface area contributed by atoms with E-state index in [0.717, 1.165) is 33.4 Å². The Kier molecular flexibility index (Phi) is 5.72. The Morgan fingerprint density at radius 3 is 2.48 bits per heavy atom. The largest absolute Gasteiger partial charge is 0.507 e. The van der Waals surface area contributed by atoms with Gasteiger partial charge >= 0.3 is 0 Å². The summed E-state index contributed by atoms with van der Waals surface area (Å²) in [5.41, 5.74) is 6.07. The van der Waals surface area contributed by atoms with Crippen LogP contribution in [0.5, 0.6) is 5.75 Å². The number of hydrogen-bond donors (Lipinski definition) is 2. The molecule has 4 aromatic rings. The van der Waals surface area contributed by atoms with Crippen LogP contribution in [0, 0.1) is 13.8 Å². The van der Waals surface area contributed by atoms with Gasteiger partial charge in [-0.1, -0.05) is 53.5 Å². The maximum atomic E-state index is 12.5. The van der Waals surface area contributed by atoms with Gasteiger partial charge in [-0.15, -0.1) is 0 Å². The zero-order chi connectivity index (χ0) is 22.1. The lowest BCUT2D eigenvalue weighted by molar-refractivity contribution is 0.0952. The average molecular weight is 452 g/mol. The minimum atomic E-state index is -0.494. The lowest BCUT2D eigenvalue weighted by Crippen LogP contribution is -2.17. The van der Waals surface area contributed by atoms with Gasteiger partial charge < -0.3 is 9.67 Å². The Morgan fingerprint density at radius 1 is 1.03 bits per heavy atom. The monoisotopic (exact) mass is 451 g/mol. The van der Waals surface area contributed by atoms with Gasteiger partial charge in [-0.2, -0.15) is 5.10 Å². The summed E-state index contributed by atoms with van der Waals surface area (Å²) in [6, 6.07) is 18.1. The van der Waals surface area contributed by atoms with Crippen molar-refractivity contribution < 1.29 is 9.90 Å². The minimum Gasteiger partial charge on any atom is -0.507 e. The summed E-state index contributed by atoms with van der Waals surface area (Å²) in [5.74, 6) is -0.591. The molecule has 0 bridgehead atoms. The first-order chi connectivity index (χ1) is 14.9. The van der Waals surface area contributed by atoms with Crippen LogP contribution in [0.3, 0.4) is 0 Å². The third kappa shape index (κ3) is 4.02. The Labute approximate surface area is 189 Å². The molecule has 1 heterocycles. The van der Waals surface area contributed by atoms with Gasteiger partial charge in [0.2, 0.25) is 0 Å². The highest BCUT2D eigenvalue weighted by Gasteiger charge is 2.15. The van der Waals surface area contributed by atoms with Gasteiger partial charge in [0.15, 0.2) is 0 Å². The highest BCUT2D eigenvalue weighted by molar-refractivity contribution is 6.43. The number of hydrazone groups is 1. The molecule has 0 fully saturated rings. The van der Waals surface area contributed by atoms with E-state index in [1.54, 1.807) is 24.4 Å². The lowest BCUT2D eigenvalue weighted by Gasteiger charge is -2.12. The van der Waals surface area contributed by atoms with Crippen LogP contribution in [0.2, 0.25) is 10.0 Å². The molecule has 4 rings (SSSR count). The summed E-state index contributed by atoms with van der Waals surface area (Å²) in [6.45, 7) is 3.88. The number of aryl methyl sites for hydroxylation is 1. The number of carbonyl (C=O) groups is 1. The van der Waals surface area contributed by atoms with Crippen LogP contribution in [0.25, 0.3) is 16.5 Å². The van der Waals surface area contributed by atoms with E-state index >= 15 is 0 Å². The number of phenolic OH excluding ortho intramolecular Hbond substituents is 1. The second kappa shape index (κ2) is 8.46. The van der Waals surface area contributed by atoms with E-state index < -0.39 is 5.91 Å². The predicted molar refractivity (Wildman–Crippen MR) is 126 cm³/mol. The van der Waals surface area contributed by atoms with Crippen molar-refractivity contribution in [2.45, 2.75) is 13.8 Å². The zero-order valence-corrected chi connectivity index (χ0v) is 18.4. The number of amides is 1. The highest BCUT2D eigenvalue weighted by Crippen LogP contribution is 2.31. The Bertz CT molecular complexity index is 1340. The zero-order valence-electron chi connectivity index (χ0n) is 16.9. The maximum Gasteiger partial charge on any atom is 0.275 e. The molecule has 0 radical (unpaired) electrons. The number of nitrogens with one attached hydrogen (secondary N) is 1. The van der Waals surface area contributed by atoms with E-state index in [1.807, 2.05) is 60.9 Å². The molecule has 3 aromatic carbocycles. The number of benzene rings is 3. The summed E-state index contributed by atoms with van der Waals surface area (Å²) in [4.78, 5) is 12.5. The van der Waals surface area contributed by atoms with Gasteiger partial charge in [-0.3, -0.25) is 4.79 Å². The maximum absolute atomic E-state index is 12.5. The van der Waals surface area contributed by atoms with E-state index in [-0.39, 0.29) is 11.3 Å². The molecule has 0 saturated heterocycles. The molecule has 1 amide bonds. The summed E-state index contributed by atoms with van der Waals surface area (Å²) in [6.07, 6.45) is 1.56. The van der Waals surface area contributed by atoms with Crippen molar-refractivity contribution in [3.05, 3.63) is 93.2 Å². The van der Waals surface area contributed by atoms with Gasteiger partial charge in [0.05, 0.1) is 27.5 Å². The number of nitrogens with zero attached hydrogens (tertiary/aromatic N) is 2. The molecular weight excluding hydrogens is 433 g/mol. The summed E-state index contributed by atoms with van der Waals surface area (Å²) >= 11 is 12.5. The number of fused-ring (bicyclic) bond motifs is 1. The Morgan fingerprint density at radius 2 is 1.74 bits per heavy atom. The number of phenols is 1. The second-order valence-electron chi connectivity index (χ2n) is 7.15. The van der Waals surface area contributed by atoms with Crippen molar-refractivity contribution in [1.29, 1.82) is 0 Å². The van der Waals surface area contributed by atoms with E-state index in [1.165, 1.54) is 0 Å². The summed E-state index contributed by atoms with van der Waals surface area (Å²) in [5, 5.41) is 16.9. The third-order valence-corrected chi connectivity index (χ3v) is 5.93. The molecular formula is C24H19Cl2N3O2. The minimum absolute atomic E-state index is 0.0971. The van der Waals surface area contributed by atoms with Crippen LogP contribution in [0.15, 0.2) is 65.8 Å². The van der Waals surface area contributed by atoms with Crippen molar-refractivity contribution >= 4 is 46.1 Å². The average Bonchev–Trinajstić information content (AvgIpc) is 3.02. The molecule has 2 N–H and O–H groups in total. The van der Waals surface area contributed by atoms with E-state index in [2.05, 4.69) is 10.5 Å². The smallest absolute Gasteiger partial charge is 0.275 e. The first kappa shape index (κ1) is 21.0. The second-order valence-corrected chi connectivity index (χ2v) is 7.94. The molecule has 0 spiro atoms. The van der Waals surface area contributed by atoms with Crippen LogP contribution in [-0.2, 0) is 0 Å². The van der Waals surface area contributed by atoms with Gasteiger partial charge in [0.1, 0.15) is 5.75 Å². The number of aromatic nitrogens is 1. The predicted octanol–water partition coefficient (Wildman–Crippen LogP) is 6.02. The van der Waals surface area contributed by atoms with Gasteiger partial charge in [-0.25, -0.2) is 5.43 Å². The molecule has 0 aliphatic heterocycles. The van der Waals surface area contributed by atoms with E-state index in [0.29, 0.717) is 10.0 Å². The molecule has 0 saturated carbocycles. The van der Waals surface area contributed by atoms with Crippen LogP contribution < -0.4 is 5.43 Å². The van der Waals surface area contributed by atoms with E-state index in [4.69, 9.17) is 23.2 Å². The molecule has 0 atom stereocenters. The van der Waals surface area contributed by atoms with Crippen molar-refractivity contribution in [2.75, 3.05) is 0 Å². The fourth-order valence-corrected chi connectivity index (χ4v) is 3.97. The highest BCUT2D eigenvalue weighted by atomic mass is 35.5. The van der Waals surface area contributed by atoms with Crippen LogP contribution in [0.1, 0.15) is 27.3 Å². The molecule has 0 aliphatic rings. The number of hydrogen-bond acceptors (Lipinski definition) is 3. The Hall–Kier alpha value is -3.28. The Balaban J connectivity index is 1.58. The van der Waals surface area contributed by atoms with Crippen molar-refractivity contribution in [2.24, 2.45) is 5.10 Å². The van der Waals surface area contributed by atoms with Crippen molar-refractivity contribution in [3.8, 4) is 11.4 Å². The van der Waals surface area contributed by atoms with Crippen molar-refractivity contribution in [3.63, 3.8) is 0 Å². The van der Waals surface area contributed by atoms with Gasteiger partial charge in [0.25, 0.3) is 5.91 Å². The summed E-state index contributed by atoms with van der Waals surface area (Å²) < 4.78 is 1.98. The van der Waals surface area contributed by atoms with Gasteiger partial charge in [0, 0.05) is 17.0 Å². The van der Waals surface area contributed by atoms with Gasteiger partial charge in [-0.05, 0) is 55.0 Å². The quantitative estimate of drug-likeness (QED) is 0.294. The normalized spacial score (nSPS) is 11.4. The molecule has 156 valence electrons. The number of rotatable bonds is 4. The van der Waals surface area contributed by atoms with Crippen molar-refractivity contribution in [1.82, 2.24) is 9.99 Å². The van der Waals surface area contributed by atoms with Crippen LogP contribution in [0.4, 0.5) is 0 Å². The van der Waals surface area contributed by atoms with E-state index in [9.17, 15) is 9.90 Å². The number of aromatic hydroxyl groups is 1. The van der Waals surface area contributed by atoms with Crippen LogP contribution in [-0.4, -0.2) is 21.8 Å². The van der Waals surface area contributed by atoms with Crippen LogP contribution >= 0.6 is 23.2 Å². The molecule has 5 nitrogen and oxygen atoms in total. The SMILES string of the molecule is Cc1cc(C=NNC(=O)c2cc3ccccc3cc2O)c(C)n1-c1cccc(Cl)c1Cl. The number of carbonyl (C=O) groups excluding carboxylic acids is 1. The fourth-order valence-electron chi connectivity index (χ4n) is 3.58. The molecule has 1 aromatic heterocycles. The summed E-state index contributed by atoms with van der Waals surface area (Å²) in [7, 11) is 0. The first-order valence-electron chi connectivity index (χ1n) is 9.55. The molecule has 0 aliphatic carbocycles. The first-order valence-corrected chi connectivity index (χ1v) is 10.3. The molecule has 0 unspecified atom stereocenters. The number of halogens is 2. The topological polar surface area (TPSA) is 66.6 Å². The standard InChI is InChI=1S/C24H19Cl2N3O2/c1-14-10-18(15(2)29(14)21-9-5-8-20(25)23(21)26)13-27-28-24(31)19-11-16-6-3-4-7-17(16)12-22(19)30/h3-13,30H,1-2H3,(H,28,31). The lowest BCUT2D eigenvalue weighted by atomic mass is 10.1. The molecule has 7 heteroatoms.